The number of hydrogen-bond donors (Lipinski definition) is 3. The van der Waals surface area contributed by atoms with Crippen molar-refractivity contribution in [2.24, 2.45) is 11.7 Å². The number of aliphatic hydroxyl groups excluding tert-OH is 2. The lowest BCUT2D eigenvalue weighted by atomic mass is 9.91. The molecule has 4 N–H and O–H groups in total. The van der Waals surface area contributed by atoms with Gasteiger partial charge >= 0.3 is 0 Å². The maximum Gasteiger partial charge on any atom is 0.0897 e. The summed E-state index contributed by atoms with van der Waals surface area (Å²) in [5.74, 6) is 0.623. The number of β-amino-alcohol motifs (C(OH)–C–C–N with tert-alkyl or cyclic N) is 1. The first-order chi connectivity index (χ1) is 6.63. The molecule has 0 aliphatic carbocycles. The number of rotatable bonds is 4. The predicted molar refractivity (Wildman–Crippen MR) is 55.9 cm³/mol. The van der Waals surface area contributed by atoms with Gasteiger partial charge in [-0.05, 0) is 38.8 Å². The van der Waals surface area contributed by atoms with Gasteiger partial charge in [0.05, 0.1) is 12.7 Å². The van der Waals surface area contributed by atoms with Gasteiger partial charge in [0.2, 0.25) is 0 Å². The highest BCUT2D eigenvalue weighted by Crippen LogP contribution is 2.19. The lowest BCUT2D eigenvalue weighted by Crippen LogP contribution is -2.43. The van der Waals surface area contributed by atoms with Gasteiger partial charge < -0.3 is 20.8 Å². The standard InChI is InChI=1S/C10H22N2O2/c1-8(11)9-2-4-12(5-3-9)6-10(14)7-13/h8-10,13-14H,2-7,11H2,1H3. The highest BCUT2D eigenvalue weighted by molar-refractivity contribution is 4.78. The van der Waals surface area contributed by atoms with Crippen LogP contribution in [0.2, 0.25) is 0 Å². The molecule has 0 aromatic rings. The highest BCUT2D eigenvalue weighted by atomic mass is 16.3. The molecule has 0 amide bonds. The van der Waals surface area contributed by atoms with Gasteiger partial charge in [-0.2, -0.15) is 0 Å². The van der Waals surface area contributed by atoms with Crippen LogP contribution in [-0.2, 0) is 0 Å². The van der Waals surface area contributed by atoms with E-state index in [1.807, 2.05) is 0 Å². The Morgan fingerprint density at radius 3 is 2.43 bits per heavy atom. The Kier molecular flexibility index (Phi) is 4.81. The van der Waals surface area contributed by atoms with Crippen LogP contribution in [0.5, 0.6) is 0 Å². The zero-order chi connectivity index (χ0) is 10.6. The molecule has 84 valence electrons. The van der Waals surface area contributed by atoms with Crippen LogP contribution in [0.3, 0.4) is 0 Å². The average Bonchev–Trinajstić information content (AvgIpc) is 2.18. The molecule has 2 atom stereocenters. The summed E-state index contributed by atoms with van der Waals surface area (Å²) in [7, 11) is 0. The molecule has 0 radical (unpaired) electrons. The third kappa shape index (κ3) is 3.53. The van der Waals surface area contributed by atoms with Crippen LogP contribution in [0.4, 0.5) is 0 Å². The summed E-state index contributed by atoms with van der Waals surface area (Å²) in [6.07, 6.45) is 1.62. The molecule has 1 aliphatic heterocycles. The van der Waals surface area contributed by atoms with Gasteiger partial charge in [-0.25, -0.2) is 0 Å². The molecule has 2 unspecified atom stereocenters. The van der Waals surface area contributed by atoms with Crippen LogP contribution < -0.4 is 5.73 Å². The Bertz CT molecular complexity index is 156. The molecule has 1 heterocycles. The maximum absolute atomic E-state index is 9.27. The second-order valence-electron chi connectivity index (χ2n) is 4.33. The predicted octanol–water partition coefficient (Wildman–Crippen LogP) is -0.601. The van der Waals surface area contributed by atoms with Crippen molar-refractivity contribution in [3.8, 4) is 0 Å². The molecule has 1 saturated heterocycles. The summed E-state index contributed by atoms with van der Waals surface area (Å²) >= 11 is 0. The van der Waals surface area contributed by atoms with E-state index in [-0.39, 0.29) is 12.6 Å². The maximum atomic E-state index is 9.27. The van der Waals surface area contributed by atoms with E-state index in [1.54, 1.807) is 0 Å². The van der Waals surface area contributed by atoms with Gasteiger partial charge in [0.15, 0.2) is 0 Å². The van der Waals surface area contributed by atoms with E-state index < -0.39 is 6.10 Å². The van der Waals surface area contributed by atoms with Crippen LogP contribution in [0, 0.1) is 5.92 Å². The lowest BCUT2D eigenvalue weighted by molar-refractivity contribution is 0.0460. The summed E-state index contributed by atoms with van der Waals surface area (Å²) < 4.78 is 0. The largest absolute Gasteiger partial charge is 0.394 e. The Morgan fingerprint density at radius 1 is 1.43 bits per heavy atom. The number of piperidine rings is 1. The van der Waals surface area contributed by atoms with Gasteiger partial charge in [0, 0.05) is 12.6 Å². The molecule has 4 heteroatoms. The normalized spacial score (nSPS) is 24.9. The van der Waals surface area contributed by atoms with Crippen LogP contribution in [0.1, 0.15) is 19.8 Å². The van der Waals surface area contributed by atoms with Crippen molar-refractivity contribution in [3.05, 3.63) is 0 Å². The molecule has 4 nitrogen and oxygen atoms in total. The van der Waals surface area contributed by atoms with E-state index in [9.17, 15) is 5.11 Å². The number of nitrogens with two attached hydrogens (primary N) is 1. The minimum absolute atomic E-state index is 0.146. The second kappa shape index (κ2) is 5.66. The third-order valence-corrected chi connectivity index (χ3v) is 3.06. The minimum atomic E-state index is -0.596. The van der Waals surface area contributed by atoms with Crippen molar-refractivity contribution >= 4 is 0 Å². The fraction of sp³-hybridized carbons (Fsp3) is 1.00. The van der Waals surface area contributed by atoms with Crippen molar-refractivity contribution in [1.82, 2.24) is 4.90 Å². The van der Waals surface area contributed by atoms with Crippen LogP contribution >= 0.6 is 0 Å². The fourth-order valence-corrected chi connectivity index (χ4v) is 2.02. The lowest BCUT2D eigenvalue weighted by Gasteiger charge is -2.34. The molecule has 1 rings (SSSR count). The smallest absolute Gasteiger partial charge is 0.0897 e. The van der Waals surface area contributed by atoms with Crippen LogP contribution in [0.25, 0.3) is 0 Å². The molecular formula is C10H22N2O2. The van der Waals surface area contributed by atoms with Gasteiger partial charge in [-0.15, -0.1) is 0 Å². The van der Waals surface area contributed by atoms with Crippen molar-refractivity contribution in [2.45, 2.75) is 31.9 Å². The van der Waals surface area contributed by atoms with Gasteiger partial charge in [0.1, 0.15) is 0 Å². The van der Waals surface area contributed by atoms with Crippen LogP contribution in [-0.4, -0.2) is 53.5 Å². The number of hydrogen-bond acceptors (Lipinski definition) is 4. The third-order valence-electron chi connectivity index (χ3n) is 3.06. The summed E-state index contributed by atoms with van der Waals surface area (Å²) in [4.78, 5) is 2.19. The quantitative estimate of drug-likeness (QED) is 0.569. The van der Waals surface area contributed by atoms with Crippen LogP contribution in [0.15, 0.2) is 0 Å². The molecule has 1 aliphatic rings. The summed E-state index contributed by atoms with van der Waals surface area (Å²) in [5.41, 5.74) is 5.83. The molecule has 1 fully saturated rings. The first-order valence-corrected chi connectivity index (χ1v) is 5.40. The number of nitrogens with zero attached hydrogens (tertiary/aromatic N) is 1. The van der Waals surface area contributed by atoms with E-state index in [0.717, 1.165) is 25.9 Å². The van der Waals surface area contributed by atoms with E-state index >= 15 is 0 Å². The Hall–Kier alpha value is -0.160. The Labute approximate surface area is 85.7 Å². The van der Waals surface area contributed by atoms with Gasteiger partial charge in [0.25, 0.3) is 0 Å². The Morgan fingerprint density at radius 2 is 2.00 bits per heavy atom. The van der Waals surface area contributed by atoms with Gasteiger partial charge in [-0.3, -0.25) is 0 Å². The van der Waals surface area contributed by atoms with Crippen molar-refractivity contribution < 1.29 is 10.2 Å². The zero-order valence-corrected chi connectivity index (χ0v) is 8.89. The average molecular weight is 202 g/mol. The molecule has 0 spiro atoms. The number of aliphatic hydroxyl groups is 2. The van der Waals surface area contributed by atoms with E-state index in [4.69, 9.17) is 10.8 Å². The topological polar surface area (TPSA) is 69.7 Å². The zero-order valence-electron chi connectivity index (χ0n) is 8.89. The van der Waals surface area contributed by atoms with Crippen molar-refractivity contribution in [2.75, 3.05) is 26.2 Å². The molecule has 0 bridgehead atoms. The Balaban J connectivity index is 2.22. The van der Waals surface area contributed by atoms with E-state index in [0.29, 0.717) is 12.5 Å². The molecule has 14 heavy (non-hydrogen) atoms. The van der Waals surface area contributed by atoms with Crippen molar-refractivity contribution in [1.29, 1.82) is 0 Å². The number of likely N-dealkylation sites (tertiary alicyclic amines) is 1. The summed E-state index contributed by atoms with van der Waals surface area (Å²) in [6.45, 7) is 4.48. The molecule has 0 aromatic carbocycles. The first kappa shape index (κ1) is 11.9. The van der Waals surface area contributed by atoms with Crippen molar-refractivity contribution in [3.63, 3.8) is 0 Å². The molecule has 0 saturated carbocycles. The highest BCUT2D eigenvalue weighted by Gasteiger charge is 2.22. The molecule has 0 aromatic heterocycles. The first-order valence-electron chi connectivity index (χ1n) is 5.40. The summed E-state index contributed by atoms with van der Waals surface area (Å²) in [5, 5.41) is 18.0. The second-order valence-corrected chi connectivity index (χ2v) is 4.33. The summed E-state index contributed by atoms with van der Waals surface area (Å²) in [6, 6.07) is 0.278. The fourth-order valence-electron chi connectivity index (χ4n) is 2.02. The van der Waals surface area contributed by atoms with E-state index in [1.165, 1.54) is 0 Å². The monoisotopic (exact) mass is 202 g/mol. The van der Waals surface area contributed by atoms with Gasteiger partial charge in [-0.1, -0.05) is 0 Å². The van der Waals surface area contributed by atoms with E-state index in [2.05, 4.69) is 11.8 Å². The molecular weight excluding hydrogens is 180 g/mol. The SMILES string of the molecule is CC(N)C1CCN(CC(O)CO)CC1. The minimum Gasteiger partial charge on any atom is -0.394 e.